The molecule has 1 amide bonds. The zero-order chi connectivity index (χ0) is 23.5. The van der Waals surface area contributed by atoms with Gasteiger partial charge in [0, 0.05) is 31.0 Å². The minimum Gasteiger partial charge on any atom is -0.348 e. The van der Waals surface area contributed by atoms with Crippen molar-refractivity contribution in [2.75, 3.05) is 10.8 Å². The fraction of sp³-hybridized carbons (Fsp3) is 0.154. The predicted molar refractivity (Wildman–Crippen MR) is 130 cm³/mol. The smallest absolute Gasteiger partial charge is 0.264 e. The molecule has 0 saturated heterocycles. The number of hydrogen-bond donors (Lipinski definition) is 1. The number of fused-ring (bicyclic) bond motifs is 1. The molecule has 1 aliphatic heterocycles. The molecule has 7 nitrogen and oxygen atoms in total. The van der Waals surface area contributed by atoms with Gasteiger partial charge in [-0.3, -0.25) is 13.8 Å². The van der Waals surface area contributed by atoms with Gasteiger partial charge in [-0.15, -0.1) is 0 Å². The van der Waals surface area contributed by atoms with Gasteiger partial charge in [-0.2, -0.15) is 5.10 Å². The number of rotatable bonds is 7. The van der Waals surface area contributed by atoms with Crippen molar-refractivity contribution in [3.63, 3.8) is 0 Å². The Balaban J connectivity index is 1.26. The van der Waals surface area contributed by atoms with E-state index in [-0.39, 0.29) is 10.8 Å². The van der Waals surface area contributed by atoms with Gasteiger partial charge < -0.3 is 5.32 Å². The Morgan fingerprint density at radius 3 is 2.53 bits per heavy atom. The molecular weight excluding hydrogens is 448 g/mol. The maximum atomic E-state index is 13.3. The van der Waals surface area contributed by atoms with Crippen molar-refractivity contribution in [1.29, 1.82) is 0 Å². The quantitative estimate of drug-likeness (QED) is 0.445. The topological polar surface area (TPSA) is 84.3 Å². The van der Waals surface area contributed by atoms with E-state index in [0.29, 0.717) is 37.3 Å². The van der Waals surface area contributed by atoms with Gasteiger partial charge in [-0.05, 0) is 53.4 Å². The Labute approximate surface area is 198 Å². The van der Waals surface area contributed by atoms with Crippen molar-refractivity contribution in [2.24, 2.45) is 0 Å². The summed E-state index contributed by atoms with van der Waals surface area (Å²) in [7, 11) is -3.76. The molecule has 5 rings (SSSR count). The highest BCUT2D eigenvalue weighted by molar-refractivity contribution is 7.92. The number of carbonyl (C=O) groups excluding carboxylic acids is 1. The molecule has 1 aromatic heterocycles. The minimum atomic E-state index is -3.76. The first-order chi connectivity index (χ1) is 16.5. The van der Waals surface area contributed by atoms with E-state index in [9.17, 15) is 13.2 Å². The summed E-state index contributed by atoms with van der Waals surface area (Å²) in [6.07, 6.45) is 4.33. The zero-order valence-corrected chi connectivity index (χ0v) is 19.3. The second-order valence-electron chi connectivity index (χ2n) is 8.19. The lowest BCUT2D eigenvalue weighted by Crippen LogP contribution is -2.29. The van der Waals surface area contributed by atoms with Gasteiger partial charge >= 0.3 is 0 Å². The lowest BCUT2D eigenvalue weighted by molar-refractivity contribution is 0.0950. The van der Waals surface area contributed by atoms with Gasteiger partial charge in [0.1, 0.15) is 0 Å². The van der Waals surface area contributed by atoms with E-state index in [2.05, 4.69) is 10.4 Å². The minimum absolute atomic E-state index is 0.111. The van der Waals surface area contributed by atoms with Gasteiger partial charge in [0.15, 0.2) is 0 Å². The molecule has 172 valence electrons. The Morgan fingerprint density at radius 2 is 1.74 bits per heavy atom. The van der Waals surface area contributed by atoms with Crippen LogP contribution in [0.4, 0.5) is 5.69 Å². The van der Waals surface area contributed by atoms with Crippen LogP contribution in [0.25, 0.3) is 0 Å². The van der Waals surface area contributed by atoms with Crippen molar-refractivity contribution < 1.29 is 13.2 Å². The molecule has 0 unspecified atom stereocenters. The van der Waals surface area contributed by atoms with Gasteiger partial charge in [0.25, 0.3) is 15.9 Å². The second kappa shape index (κ2) is 9.15. The van der Waals surface area contributed by atoms with E-state index >= 15 is 0 Å². The first kappa shape index (κ1) is 21.9. The first-order valence-corrected chi connectivity index (χ1v) is 12.5. The number of benzene rings is 3. The van der Waals surface area contributed by atoms with Crippen molar-refractivity contribution >= 4 is 21.6 Å². The Kier molecular flexibility index (Phi) is 5.90. The van der Waals surface area contributed by atoms with E-state index in [4.69, 9.17) is 0 Å². The van der Waals surface area contributed by atoms with Crippen molar-refractivity contribution in [3.05, 3.63) is 114 Å². The molecule has 0 atom stereocenters. The molecule has 0 radical (unpaired) electrons. The predicted octanol–water partition coefficient (Wildman–Crippen LogP) is 3.61. The average Bonchev–Trinajstić information content (AvgIpc) is 3.54. The average molecular weight is 473 g/mol. The summed E-state index contributed by atoms with van der Waals surface area (Å²) in [6, 6.07) is 23.5. The van der Waals surface area contributed by atoms with Crippen LogP contribution in [0.5, 0.6) is 0 Å². The standard InChI is InChI=1S/C26H24N4O3S/c31-26(27-18-20-9-11-21(12-10-20)19-29-15-4-14-28-29)23-6-3-7-24(17-23)34(32,33)30-16-13-22-5-1-2-8-25(22)30/h1-12,14-15,17H,13,16,18-19H2,(H,27,31). The summed E-state index contributed by atoms with van der Waals surface area (Å²) in [4.78, 5) is 12.9. The van der Waals surface area contributed by atoms with Gasteiger partial charge in [-0.1, -0.05) is 48.5 Å². The third kappa shape index (κ3) is 4.45. The van der Waals surface area contributed by atoms with Gasteiger partial charge in [-0.25, -0.2) is 8.42 Å². The number of sulfonamides is 1. The maximum Gasteiger partial charge on any atom is 0.264 e. The van der Waals surface area contributed by atoms with E-state index in [1.54, 1.807) is 18.3 Å². The van der Waals surface area contributed by atoms with Crippen molar-refractivity contribution in [3.8, 4) is 0 Å². The largest absolute Gasteiger partial charge is 0.348 e. The van der Waals surface area contributed by atoms with Gasteiger partial charge in [0.2, 0.25) is 0 Å². The summed E-state index contributed by atoms with van der Waals surface area (Å²) < 4.78 is 29.8. The summed E-state index contributed by atoms with van der Waals surface area (Å²) in [6.45, 7) is 1.42. The number of carbonyl (C=O) groups is 1. The fourth-order valence-corrected chi connectivity index (χ4v) is 5.66. The molecule has 8 heteroatoms. The lowest BCUT2D eigenvalue weighted by atomic mass is 10.1. The summed E-state index contributed by atoms with van der Waals surface area (Å²) >= 11 is 0. The monoisotopic (exact) mass is 472 g/mol. The van der Waals surface area contributed by atoms with E-state index < -0.39 is 10.0 Å². The molecule has 1 aliphatic rings. The summed E-state index contributed by atoms with van der Waals surface area (Å²) in [5, 5.41) is 7.08. The van der Waals surface area contributed by atoms with E-state index in [1.807, 2.05) is 65.5 Å². The first-order valence-electron chi connectivity index (χ1n) is 11.0. The van der Waals surface area contributed by atoms with Crippen LogP contribution in [0.15, 0.2) is 96.2 Å². The van der Waals surface area contributed by atoms with Gasteiger partial charge in [0.05, 0.1) is 17.1 Å². The number of hydrogen-bond acceptors (Lipinski definition) is 4. The molecule has 0 bridgehead atoms. The van der Waals surface area contributed by atoms with Crippen LogP contribution in [0.3, 0.4) is 0 Å². The molecule has 0 aliphatic carbocycles. The normalized spacial score (nSPS) is 13.0. The number of nitrogens with one attached hydrogen (secondary N) is 1. The Morgan fingerprint density at radius 1 is 0.941 bits per heavy atom. The highest BCUT2D eigenvalue weighted by Crippen LogP contribution is 2.32. The Hall–Kier alpha value is -3.91. The molecule has 1 N–H and O–H groups in total. The number of anilines is 1. The van der Waals surface area contributed by atoms with Crippen LogP contribution in [-0.2, 0) is 29.5 Å². The number of amides is 1. The second-order valence-corrected chi connectivity index (χ2v) is 10.0. The lowest BCUT2D eigenvalue weighted by Gasteiger charge is -2.20. The molecule has 0 fully saturated rings. The summed E-state index contributed by atoms with van der Waals surface area (Å²) in [5.74, 6) is -0.320. The third-order valence-corrected chi connectivity index (χ3v) is 7.72. The zero-order valence-electron chi connectivity index (χ0n) is 18.5. The molecular formula is C26H24N4O3S. The van der Waals surface area contributed by atoms with Crippen LogP contribution in [0.2, 0.25) is 0 Å². The van der Waals surface area contributed by atoms with Crippen LogP contribution in [0, 0.1) is 0 Å². The molecule has 3 aromatic carbocycles. The number of para-hydroxylation sites is 1. The maximum absolute atomic E-state index is 13.3. The van der Waals surface area contributed by atoms with Crippen molar-refractivity contribution in [1.82, 2.24) is 15.1 Å². The third-order valence-electron chi connectivity index (χ3n) is 5.91. The summed E-state index contributed by atoms with van der Waals surface area (Å²) in [5.41, 5.74) is 4.09. The highest BCUT2D eigenvalue weighted by Gasteiger charge is 2.30. The van der Waals surface area contributed by atoms with E-state index in [1.165, 1.54) is 16.4 Å². The van der Waals surface area contributed by atoms with Crippen LogP contribution in [-0.4, -0.2) is 30.7 Å². The van der Waals surface area contributed by atoms with Crippen molar-refractivity contribution in [2.45, 2.75) is 24.4 Å². The van der Waals surface area contributed by atoms with E-state index in [0.717, 1.165) is 16.7 Å². The Bertz CT molecular complexity index is 1410. The number of nitrogens with zero attached hydrogens (tertiary/aromatic N) is 3. The molecule has 2 heterocycles. The highest BCUT2D eigenvalue weighted by atomic mass is 32.2. The number of aromatic nitrogens is 2. The molecule has 0 spiro atoms. The SMILES string of the molecule is O=C(NCc1ccc(Cn2cccn2)cc1)c1cccc(S(=O)(=O)N2CCc3ccccc32)c1. The molecule has 0 saturated carbocycles. The molecule has 4 aromatic rings. The molecule has 34 heavy (non-hydrogen) atoms. The van der Waals surface area contributed by atoms with Crippen LogP contribution >= 0.6 is 0 Å². The fourth-order valence-electron chi connectivity index (χ4n) is 4.11. The van der Waals surface area contributed by atoms with Crippen LogP contribution < -0.4 is 9.62 Å². The van der Waals surface area contributed by atoms with Crippen LogP contribution in [0.1, 0.15) is 27.0 Å².